The fraction of sp³-hybridized carbons (Fsp3) is 0.429. The molecule has 6 heteroatoms. The number of rotatable bonds is 2. The number of amides is 1. The molecule has 1 amide bonds. The molecule has 20 heavy (non-hydrogen) atoms. The van der Waals surface area contributed by atoms with Crippen molar-refractivity contribution in [1.29, 1.82) is 0 Å². The summed E-state index contributed by atoms with van der Waals surface area (Å²) in [5, 5.41) is 4.28. The maximum atomic E-state index is 12.2. The Morgan fingerprint density at radius 3 is 2.50 bits per heavy atom. The highest BCUT2D eigenvalue weighted by molar-refractivity contribution is 6.37. The molecule has 1 aliphatic rings. The van der Waals surface area contributed by atoms with E-state index in [1.54, 1.807) is 14.1 Å². The number of benzene rings is 1. The highest BCUT2D eigenvalue weighted by Crippen LogP contribution is 2.07. The fourth-order valence-corrected chi connectivity index (χ4v) is 1.86. The van der Waals surface area contributed by atoms with Crippen molar-refractivity contribution in [3.63, 3.8) is 0 Å². The number of nitrogens with one attached hydrogen (secondary N) is 1. The molecule has 6 nitrogen and oxygen atoms in total. The Morgan fingerprint density at radius 1 is 1.25 bits per heavy atom. The van der Waals surface area contributed by atoms with Crippen LogP contribution in [0.1, 0.15) is 0 Å². The molecule has 0 saturated carbocycles. The predicted molar refractivity (Wildman–Crippen MR) is 78.6 cm³/mol. The van der Waals surface area contributed by atoms with Crippen LogP contribution in [0, 0.1) is 0 Å². The first kappa shape index (κ1) is 14.3. The van der Waals surface area contributed by atoms with E-state index in [4.69, 9.17) is 4.74 Å². The molecular weight excluding hydrogens is 256 g/mol. The highest BCUT2D eigenvalue weighted by Gasteiger charge is 2.23. The Hall–Kier alpha value is -2.08. The molecule has 1 aliphatic heterocycles. The SMILES string of the molecule is CN(C)C(=O)/C(=N\Nc1ccccc1)N1CCOCC1. The van der Waals surface area contributed by atoms with E-state index in [1.807, 2.05) is 35.2 Å². The first-order chi connectivity index (χ1) is 9.68. The molecule has 0 aromatic heterocycles. The van der Waals surface area contributed by atoms with Crippen LogP contribution >= 0.6 is 0 Å². The number of carbonyl (C=O) groups is 1. The van der Waals surface area contributed by atoms with Gasteiger partial charge in [0, 0.05) is 27.2 Å². The van der Waals surface area contributed by atoms with E-state index in [0.29, 0.717) is 32.1 Å². The van der Waals surface area contributed by atoms with E-state index in [-0.39, 0.29) is 5.91 Å². The summed E-state index contributed by atoms with van der Waals surface area (Å²) in [5.74, 6) is 0.303. The third kappa shape index (κ3) is 3.71. The Bertz CT molecular complexity index is 467. The molecule has 0 unspecified atom stereocenters. The van der Waals surface area contributed by atoms with Crippen molar-refractivity contribution in [2.24, 2.45) is 5.10 Å². The van der Waals surface area contributed by atoms with Gasteiger partial charge < -0.3 is 14.5 Å². The molecule has 1 aromatic carbocycles. The number of hydrogen-bond donors (Lipinski definition) is 1. The van der Waals surface area contributed by atoms with E-state index in [9.17, 15) is 4.79 Å². The van der Waals surface area contributed by atoms with Gasteiger partial charge in [0.25, 0.3) is 5.91 Å². The number of hydrazone groups is 1. The second kappa shape index (κ2) is 6.91. The van der Waals surface area contributed by atoms with E-state index in [2.05, 4.69) is 10.5 Å². The van der Waals surface area contributed by atoms with Gasteiger partial charge in [0.1, 0.15) is 0 Å². The molecule has 0 bridgehead atoms. The monoisotopic (exact) mass is 276 g/mol. The van der Waals surface area contributed by atoms with Crippen LogP contribution in [-0.2, 0) is 9.53 Å². The number of morpholine rings is 1. The quantitative estimate of drug-likeness (QED) is 0.494. The zero-order valence-electron chi connectivity index (χ0n) is 11.9. The summed E-state index contributed by atoms with van der Waals surface area (Å²) in [6.45, 7) is 2.58. The van der Waals surface area contributed by atoms with Crippen molar-refractivity contribution in [2.45, 2.75) is 0 Å². The second-order valence-electron chi connectivity index (χ2n) is 4.71. The van der Waals surface area contributed by atoms with E-state index in [0.717, 1.165) is 5.69 Å². The molecule has 1 fully saturated rings. The third-order valence-corrected chi connectivity index (χ3v) is 2.97. The van der Waals surface area contributed by atoms with E-state index >= 15 is 0 Å². The predicted octanol–water partition coefficient (Wildman–Crippen LogP) is 0.832. The standard InChI is InChI=1S/C14H20N4O2/c1-17(2)14(19)13(18-8-10-20-11-9-18)16-15-12-6-4-3-5-7-12/h3-7,15H,8-11H2,1-2H3/b16-13+. The van der Waals surface area contributed by atoms with Gasteiger partial charge in [0.15, 0.2) is 0 Å². The summed E-state index contributed by atoms with van der Waals surface area (Å²) < 4.78 is 5.31. The summed E-state index contributed by atoms with van der Waals surface area (Å²) >= 11 is 0. The van der Waals surface area contributed by atoms with E-state index in [1.165, 1.54) is 4.90 Å². The zero-order chi connectivity index (χ0) is 14.4. The van der Waals surface area contributed by atoms with E-state index < -0.39 is 0 Å². The first-order valence-electron chi connectivity index (χ1n) is 6.61. The van der Waals surface area contributed by atoms with Crippen LogP contribution in [0.4, 0.5) is 5.69 Å². The maximum Gasteiger partial charge on any atom is 0.290 e. The van der Waals surface area contributed by atoms with Crippen molar-refractivity contribution in [3.8, 4) is 0 Å². The van der Waals surface area contributed by atoms with Gasteiger partial charge in [-0.2, -0.15) is 5.10 Å². The van der Waals surface area contributed by atoms with Gasteiger partial charge in [0.05, 0.1) is 18.9 Å². The van der Waals surface area contributed by atoms with Gasteiger partial charge in [-0.3, -0.25) is 10.2 Å². The van der Waals surface area contributed by atoms with Crippen LogP contribution in [0.2, 0.25) is 0 Å². The number of ether oxygens (including phenoxy) is 1. The first-order valence-corrected chi connectivity index (χ1v) is 6.61. The smallest absolute Gasteiger partial charge is 0.290 e. The number of nitrogens with zero attached hydrogens (tertiary/aromatic N) is 3. The number of anilines is 1. The van der Waals surface area contributed by atoms with Crippen molar-refractivity contribution >= 4 is 17.4 Å². The van der Waals surface area contributed by atoms with Gasteiger partial charge >= 0.3 is 0 Å². The third-order valence-electron chi connectivity index (χ3n) is 2.97. The molecule has 2 rings (SSSR count). The van der Waals surface area contributed by atoms with Crippen molar-refractivity contribution < 1.29 is 9.53 Å². The van der Waals surface area contributed by atoms with Gasteiger partial charge in [0.2, 0.25) is 5.84 Å². The van der Waals surface area contributed by atoms with Crippen molar-refractivity contribution in [3.05, 3.63) is 30.3 Å². The van der Waals surface area contributed by atoms with Crippen LogP contribution in [0.5, 0.6) is 0 Å². The summed E-state index contributed by atoms with van der Waals surface area (Å²) in [5.41, 5.74) is 3.79. The highest BCUT2D eigenvalue weighted by atomic mass is 16.5. The van der Waals surface area contributed by atoms with Gasteiger partial charge in [-0.25, -0.2) is 0 Å². The minimum absolute atomic E-state index is 0.115. The zero-order valence-corrected chi connectivity index (χ0v) is 11.9. The summed E-state index contributed by atoms with van der Waals surface area (Å²) in [4.78, 5) is 15.7. The molecule has 1 heterocycles. The molecule has 0 aliphatic carbocycles. The number of amidine groups is 1. The lowest BCUT2D eigenvalue weighted by Crippen LogP contribution is -2.48. The van der Waals surface area contributed by atoms with Crippen LogP contribution in [0.15, 0.2) is 35.4 Å². The Kier molecular flexibility index (Phi) is 4.95. The fourth-order valence-electron chi connectivity index (χ4n) is 1.86. The molecule has 1 saturated heterocycles. The molecule has 0 atom stereocenters. The molecule has 0 radical (unpaired) electrons. The lowest BCUT2D eigenvalue weighted by atomic mass is 10.3. The Labute approximate surface area is 119 Å². The molecule has 0 spiro atoms. The summed E-state index contributed by atoms with van der Waals surface area (Å²) in [6, 6.07) is 9.57. The number of likely N-dealkylation sites (N-methyl/N-ethyl adjacent to an activating group) is 1. The average molecular weight is 276 g/mol. The Morgan fingerprint density at radius 2 is 1.90 bits per heavy atom. The molecular formula is C14H20N4O2. The minimum atomic E-state index is -0.115. The van der Waals surface area contributed by atoms with Gasteiger partial charge in [-0.05, 0) is 12.1 Å². The van der Waals surface area contributed by atoms with Gasteiger partial charge in [-0.1, -0.05) is 18.2 Å². The van der Waals surface area contributed by atoms with Crippen molar-refractivity contribution in [1.82, 2.24) is 9.80 Å². The molecule has 1 N–H and O–H groups in total. The minimum Gasteiger partial charge on any atom is -0.378 e. The van der Waals surface area contributed by atoms with Gasteiger partial charge in [-0.15, -0.1) is 0 Å². The Balaban J connectivity index is 2.14. The lowest BCUT2D eigenvalue weighted by Gasteiger charge is -2.30. The average Bonchev–Trinajstić information content (AvgIpc) is 2.49. The number of para-hydroxylation sites is 1. The molecule has 1 aromatic rings. The largest absolute Gasteiger partial charge is 0.378 e. The number of carbonyl (C=O) groups excluding carboxylic acids is 1. The van der Waals surface area contributed by atoms with Crippen LogP contribution in [-0.4, -0.2) is 61.9 Å². The van der Waals surface area contributed by atoms with Crippen LogP contribution < -0.4 is 5.43 Å². The van der Waals surface area contributed by atoms with Crippen LogP contribution in [0.25, 0.3) is 0 Å². The van der Waals surface area contributed by atoms with Crippen molar-refractivity contribution in [2.75, 3.05) is 45.8 Å². The lowest BCUT2D eigenvalue weighted by molar-refractivity contribution is -0.122. The second-order valence-corrected chi connectivity index (χ2v) is 4.71. The summed E-state index contributed by atoms with van der Waals surface area (Å²) in [6.07, 6.45) is 0. The maximum absolute atomic E-state index is 12.2. The van der Waals surface area contributed by atoms with Crippen LogP contribution in [0.3, 0.4) is 0 Å². The summed E-state index contributed by atoms with van der Waals surface area (Å²) in [7, 11) is 3.45. The topological polar surface area (TPSA) is 57.2 Å². The number of hydrogen-bond acceptors (Lipinski definition) is 4. The normalized spacial score (nSPS) is 15.9. The molecule has 108 valence electrons.